The largest absolute Gasteiger partial charge is 0.487 e. The molecule has 0 radical (unpaired) electrons. The first-order valence-corrected chi connectivity index (χ1v) is 11.3. The van der Waals surface area contributed by atoms with Gasteiger partial charge in [-0.1, -0.05) is 42.5 Å². The first-order chi connectivity index (χ1) is 16.8. The van der Waals surface area contributed by atoms with Crippen molar-refractivity contribution < 1.29 is 37.3 Å². The van der Waals surface area contributed by atoms with E-state index >= 15 is 0 Å². The molecular weight excluding hydrogens is 475 g/mol. The number of alkyl halides is 3. The number of amides is 1. The van der Waals surface area contributed by atoms with Crippen LogP contribution in [-0.4, -0.2) is 34.7 Å². The molecule has 2 N–H and O–H groups in total. The van der Waals surface area contributed by atoms with Crippen LogP contribution in [0.3, 0.4) is 0 Å². The van der Waals surface area contributed by atoms with Crippen LogP contribution in [0.15, 0.2) is 60.7 Å². The molecule has 0 aliphatic heterocycles. The lowest BCUT2D eigenvalue weighted by Gasteiger charge is -2.29. The molecule has 0 saturated heterocycles. The van der Waals surface area contributed by atoms with E-state index in [0.717, 1.165) is 17.5 Å². The Labute approximate surface area is 207 Å². The molecule has 2 atom stereocenters. The van der Waals surface area contributed by atoms with Gasteiger partial charge in [0.1, 0.15) is 12.4 Å². The summed E-state index contributed by atoms with van der Waals surface area (Å²) in [6.07, 6.45) is -5.28. The fraction of sp³-hybridized carbons (Fsp3) is 0.333. The average Bonchev–Trinajstić information content (AvgIpc) is 2.79. The molecule has 0 bridgehead atoms. The lowest BCUT2D eigenvalue weighted by Crippen LogP contribution is -2.50. The molecule has 3 aromatic carbocycles. The third kappa shape index (κ3) is 6.75. The maximum Gasteiger partial charge on any atom is 0.416 e. The molecule has 3 rings (SSSR count). The highest BCUT2D eigenvalue weighted by molar-refractivity contribution is 6.04. The van der Waals surface area contributed by atoms with E-state index in [9.17, 15) is 27.9 Å². The lowest BCUT2D eigenvalue weighted by molar-refractivity contribution is -0.147. The number of hydrogen-bond donors (Lipinski definition) is 2. The van der Waals surface area contributed by atoms with Gasteiger partial charge in [0, 0.05) is 5.39 Å². The number of carboxylic acids is 1. The van der Waals surface area contributed by atoms with Crippen LogP contribution < -0.4 is 10.1 Å². The van der Waals surface area contributed by atoms with Crippen molar-refractivity contribution in [3.63, 3.8) is 0 Å². The molecule has 6 nitrogen and oxygen atoms in total. The Morgan fingerprint density at radius 3 is 2.19 bits per heavy atom. The molecular formula is C27H28F3NO5. The van der Waals surface area contributed by atoms with Gasteiger partial charge in [-0.05, 0) is 56.8 Å². The number of aliphatic carboxylic acids is 1. The van der Waals surface area contributed by atoms with Gasteiger partial charge in [-0.15, -0.1) is 0 Å². The van der Waals surface area contributed by atoms with Crippen LogP contribution in [0.4, 0.5) is 13.2 Å². The molecule has 0 fully saturated rings. The maximum absolute atomic E-state index is 13.2. The van der Waals surface area contributed by atoms with Crippen LogP contribution in [0.5, 0.6) is 5.75 Å². The Balaban J connectivity index is 1.90. The van der Waals surface area contributed by atoms with Gasteiger partial charge < -0.3 is 19.9 Å². The predicted molar refractivity (Wildman–Crippen MR) is 129 cm³/mol. The quantitative estimate of drug-likeness (QED) is 0.404. The van der Waals surface area contributed by atoms with Crippen molar-refractivity contribution in [1.29, 1.82) is 0 Å². The number of carboxylic acid groups (broad SMARTS) is 1. The summed E-state index contributed by atoms with van der Waals surface area (Å²) >= 11 is 0. The van der Waals surface area contributed by atoms with Gasteiger partial charge in [-0.2, -0.15) is 13.2 Å². The SMILES string of the molecule is CC(OC(C)(C)C)C(NC(=O)c1ccc2ccccc2c1OCc1ccc(C(F)(F)F)cc1)C(=O)O. The van der Waals surface area contributed by atoms with E-state index in [1.807, 2.05) is 12.1 Å². The van der Waals surface area contributed by atoms with E-state index in [2.05, 4.69) is 5.32 Å². The van der Waals surface area contributed by atoms with Crippen LogP contribution in [-0.2, 0) is 22.3 Å². The molecule has 0 aliphatic carbocycles. The molecule has 2 unspecified atom stereocenters. The molecule has 3 aromatic rings. The Kier molecular flexibility index (Phi) is 7.93. The Morgan fingerprint density at radius 1 is 0.972 bits per heavy atom. The fourth-order valence-corrected chi connectivity index (χ4v) is 3.75. The van der Waals surface area contributed by atoms with Crippen molar-refractivity contribution in [2.24, 2.45) is 0 Å². The van der Waals surface area contributed by atoms with E-state index < -0.39 is 41.4 Å². The Morgan fingerprint density at radius 2 is 1.61 bits per heavy atom. The molecule has 36 heavy (non-hydrogen) atoms. The second-order valence-corrected chi connectivity index (χ2v) is 9.37. The summed E-state index contributed by atoms with van der Waals surface area (Å²) in [6, 6.07) is 13.6. The Hall–Kier alpha value is -3.59. The van der Waals surface area contributed by atoms with Crippen LogP contribution in [0.2, 0.25) is 0 Å². The van der Waals surface area contributed by atoms with Crippen LogP contribution in [0, 0.1) is 0 Å². The monoisotopic (exact) mass is 503 g/mol. The summed E-state index contributed by atoms with van der Waals surface area (Å²) in [5, 5.41) is 13.6. The van der Waals surface area contributed by atoms with Gasteiger partial charge in [0.15, 0.2) is 6.04 Å². The predicted octanol–water partition coefficient (Wildman–Crippen LogP) is 5.82. The van der Waals surface area contributed by atoms with Crippen molar-refractivity contribution in [2.75, 3.05) is 0 Å². The van der Waals surface area contributed by atoms with Gasteiger partial charge in [-0.3, -0.25) is 4.79 Å². The number of hydrogen-bond acceptors (Lipinski definition) is 4. The van der Waals surface area contributed by atoms with Crippen LogP contribution in [0.25, 0.3) is 10.8 Å². The minimum absolute atomic E-state index is 0.0924. The molecule has 1 amide bonds. The highest BCUT2D eigenvalue weighted by Crippen LogP contribution is 2.32. The molecule has 0 saturated carbocycles. The second-order valence-electron chi connectivity index (χ2n) is 9.37. The lowest BCUT2D eigenvalue weighted by atomic mass is 10.0. The zero-order valence-electron chi connectivity index (χ0n) is 20.3. The fourth-order valence-electron chi connectivity index (χ4n) is 3.75. The van der Waals surface area contributed by atoms with Gasteiger partial charge >= 0.3 is 12.1 Å². The van der Waals surface area contributed by atoms with Gasteiger partial charge in [0.25, 0.3) is 5.91 Å². The van der Waals surface area contributed by atoms with E-state index in [4.69, 9.17) is 9.47 Å². The smallest absolute Gasteiger partial charge is 0.416 e. The van der Waals surface area contributed by atoms with Crippen molar-refractivity contribution in [3.05, 3.63) is 77.4 Å². The minimum Gasteiger partial charge on any atom is -0.487 e. The van der Waals surface area contributed by atoms with E-state index in [1.54, 1.807) is 45.9 Å². The van der Waals surface area contributed by atoms with Gasteiger partial charge in [0.05, 0.1) is 22.8 Å². The van der Waals surface area contributed by atoms with E-state index in [0.29, 0.717) is 10.9 Å². The van der Waals surface area contributed by atoms with E-state index in [-0.39, 0.29) is 17.9 Å². The molecule has 0 spiro atoms. The first kappa shape index (κ1) is 27.0. The normalized spacial score (nSPS) is 13.8. The average molecular weight is 504 g/mol. The first-order valence-electron chi connectivity index (χ1n) is 11.3. The number of rotatable bonds is 8. The number of nitrogens with one attached hydrogen (secondary N) is 1. The molecule has 0 heterocycles. The summed E-state index contributed by atoms with van der Waals surface area (Å²) in [5.74, 6) is -1.74. The van der Waals surface area contributed by atoms with Crippen LogP contribution in [0.1, 0.15) is 49.2 Å². The summed E-state index contributed by atoms with van der Waals surface area (Å²) in [6.45, 7) is 6.80. The standard InChI is InChI=1S/C27H28F3NO5/c1-16(36-26(2,3)4)22(25(33)34)31-24(32)21-14-11-18-7-5-6-8-20(18)23(21)35-15-17-9-12-19(13-10-17)27(28,29)30/h5-14,16,22H,15H2,1-4H3,(H,31,32)(H,33,34). The van der Waals surface area contributed by atoms with Crippen LogP contribution >= 0.6 is 0 Å². The van der Waals surface area contributed by atoms with Crippen molar-refractivity contribution in [2.45, 2.75) is 58.2 Å². The highest BCUT2D eigenvalue weighted by atomic mass is 19.4. The number of carbonyl (C=O) groups excluding carboxylic acids is 1. The number of benzene rings is 3. The van der Waals surface area contributed by atoms with Gasteiger partial charge in [0.2, 0.25) is 0 Å². The Bertz CT molecular complexity index is 1230. The molecule has 0 aromatic heterocycles. The molecule has 192 valence electrons. The zero-order valence-corrected chi connectivity index (χ0v) is 20.3. The number of ether oxygens (including phenoxy) is 2. The van der Waals surface area contributed by atoms with Crippen molar-refractivity contribution in [3.8, 4) is 5.75 Å². The third-order valence-electron chi connectivity index (χ3n) is 5.35. The molecule has 9 heteroatoms. The number of halogens is 3. The maximum atomic E-state index is 13.2. The van der Waals surface area contributed by atoms with Gasteiger partial charge in [-0.25, -0.2) is 4.79 Å². The van der Waals surface area contributed by atoms with E-state index in [1.165, 1.54) is 18.2 Å². The number of fused-ring (bicyclic) bond motifs is 1. The highest BCUT2D eigenvalue weighted by Gasteiger charge is 2.32. The topological polar surface area (TPSA) is 84.9 Å². The second kappa shape index (κ2) is 10.6. The van der Waals surface area contributed by atoms with Crippen molar-refractivity contribution in [1.82, 2.24) is 5.32 Å². The third-order valence-corrected chi connectivity index (χ3v) is 5.35. The summed E-state index contributed by atoms with van der Waals surface area (Å²) in [5.41, 5.74) is -0.841. The minimum atomic E-state index is -4.45. The summed E-state index contributed by atoms with van der Waals surface area (Å²) in [4.78, 5) is 25.1. The summed E-state index contributed by atoms with van der Waals surface area (Å²) in [7, 11) is 0. The summed E-state index contributed by atoms with van der Waals surface area (Å²) < 4.78 is 50.3. The molecule has 0 aliphatic rings. The van der Waals surface area contributed by atoms with Crippen molar-refractivity contribution >= 4 is 22.6 Å². The number of carbonyl (C=O) groups is 2. The zero-order chi connectivity index (χ0) is 26.7.